The molecule has 2 N–H and O–H groups in total. The van der Waals surface area contributed by atoms with E-state index < -0.39 is 0 Å². The normalized spacial score (nSPS) is 16.9. The predicted molar refractivity (Wildman–Crippen MR) is 129 cm³/mol. The monoisotopic (exact) mass is 430 g/mol. The van der Waals surface area contributed by atoms with Gasteiger partial charge in [-0.05, 0) is 60.4 Å². The fourth-order valence-corrected chi connectivity index (χ4v) is 4.20. The lowest BCUT2D eigenvalue weighted by atomic mass is 10.1. The molecule has 1 aliphatic heterocycles. The molecule has 5 heteroatoms. The molecule has 0 aliphatic carbocycles. The van der Waals surface area contributed by atoms with Crippen molar-refractivity contribution in [2.75, 3.05) is 5.32 Å². The van der Waals surface area contributed by atoms with Crippen molar-refractivity contribution < 1.29 is 9.53 Å². The van der Waals surface area contributed by atoms with Crippen molar-refractivity contribution in [1.29, 1.82) is 0 Å². The molecule has 1 atom stereocenters. The molecule has 31 heavy (non-hydrogen) atoms. The Labute approximate surface area is 187 Å². The smallest absolute Gasteiger partial charge is 0.260 e. The summed E-state index contributed by atoms with van der Waals surface area (Å²) in [7, 11) is 0. The van der Waals surface area contributed by atoms with Crippen LogP contribution in [0.25, 0.3) is 6.08 Å². The van der Waals surface area contributed by atoms with Crippen LogP contribution in [0, 0.1) is 6.92 Å². The average molecular weight is 431 g/mol. The van der Waals surface area contributed by atoms with Gasteiger partial charge in [0.1, 0.15) is 12.4 Å². The number of rotatable bonds is 7. The van der Waals surface area contributed by atoms with Gasteiger partial charge < -0.3 is 15.4 Å². The molecule has 1 heterocycles. The maximum atomic E-state index is 12.4. The number of carbonyl (C=O) groups excluding carboxylic acids is 1. The van der Waals surface area contributed by atoms with Gasteiger partial charge in [-0.25, -0.2) is 0 Å². The molecule has 3 aromatic rings. The van der Waals surface area contributed by atoms with E-state index >= 15 is 0 Å². The lowest BCUT2D eigenvalue weighted by molar-refractivity contribution is -0.116. The Kier molecular flexibility index (Phi) is 6.63. The van der Waals surface area contributed by atoms with Crippen LogP contribution in [0.1, 0.15) is 29.2 Å². The fraction of sp³-hybridized carbons (Fsp3) is 0.192. The highest BCUT2D eigenvalue weighted by Gasteiger charge is 2.27. The molecule has 0 bridgehead atoms. The highest BCUT2D eigenvalue weighted by atomic mass is 32.2. The van der Waals surface area contributed by atoms with Crippen molar-refractivity contribution in [2.24, 2.45) is 0 Å². The summed E-state index contributed by atoms with van der Waals surface area (Å²) in [4.78, 5) is 13.1. The predicted octanol–water partition coefficient (Wildman–Crippen LogP) is 5.74. The standard InChI is InChI=1S/C26H26N2O2S/c1-3-19-8-12-22(13-9-19)27-26-28-25(29)24(31-26)16-20-10-14-23(15-11-20)30-17-21-6-4-18(2)5-7-21/h4-16,26-27H,3,17H2,1-2H3,(H,28,29)/b24-16-/t26-/m0/s1. The summed E-state index contributed by atoms with van der Waals surface area (Å²) >= 11 is 1.49. The minimum absolute atomic E-state index is 0.0626. The van der Waals surface area contributed by atoms with Crippen LogP contribution in [0.2, 0.25) is 0 Å². The molecule has 1 fully saturated rings. The van der Waals surface area contributed by atoms with Crippen molar-refractivity contribution in [3.63, 3.8) is 0 Å². The molecule has 4 rings (SSSR count). The van der Waals surface area contributed by atoms with Crippen LogP contribution in [0.15, 0.2) is 77.7 Å². The van der Waals surface area contributed by atoms with E-state index in [-0.39, 0.29) is 11.4 Å². The molecule has 3 aromatic carbocycles. The van der Waals surface area contributed by atoms with E-state index in [4.69, 9.17) is 4.74 Å². The molecule has 0 saturated carbocycles. The van der Waals surface area contributed by atoms with E-state index in [0.29, 0.717) is 11.5 Å². The van der Waals surface area contributed by atoms with Gasteiger partial charge in [0.15, 0.2) is 5.50 Å². The third-order valence-electron chi connectivity index (χ3n) is 5.09. The number of hydrogen-bond acceptors (Lipinski definition) is 4. The SMILES string of the molecule is CCc1ccc(N[C@H]2NC(=O)/C(=C/c3ccc(OCc4ccc(C)cc4)cc3)S2)cc1. The number of carbonyl (C=O) groups is 1. The second-order valence-corrected chi connectivity index (χ2v) is 8.66. The number of ether oxygens (including phenoxy) is 1. The molecule has 0 radical (unpaired) electrons. The highest BCUT2D eigenvalue weighted by molar-refractivity contribution is 8.05. The number of benzene rings is 3. The van der Waals surface area contributed by atoms with Gasteiger partial charge in [0.25, 0.3) is 5.91 Å². The van der Waals surface area contributed by atoms with E-state index in [9.17, 15) is 4.79 Å². The number of nitrogens with one attached hydrogen (secondary N) is 2. The summed E-state index contributed by atoms with van der Waals surface area (Å²) in [5.41, 5.74) is 5.45. The minimum atomic E-state index is -0.177. The Morgan fingerprint density at radius 2 is 1.65 bits per heavy atom. The van der Waals surface area contributed by atoms with Gasteiger partial charge in [0.2, 0.25) is 0 Å². The summed E-state index contributed by atoms with van der Waals surface area (Å²) < 4.78 is 5.86. The average Bonchev–Trinajstić information content (AvgIpc) is 3.13. The lowest BCUT2D eigenvalue weighted by Gasteiger charge is -2.12. The number of thioether (sulfide) groups is 1. The summed E-state index contributed by atoms with van der Waals surface area (Å²) in [5, 5.41) is 6.33. The first-order valence-electron chi connectivity index (χ1n) is 10.4. The van der Waals surface area contributed by atoms with Crippen molar-refractivity contribution in [2.45, 2.75) is 32.4 Å². The summed E-state index contributed by atoms with van der Waals surface area (Å²) in [5.74, 6) is 0.744. The van der Waals surface area contributed by atoms with Crippen molar-refractivity contribution in [3.8, 4) is 5.75 Å². The van der Waals surface area contributed by atoms with Crippen LogP contribution in [0.5, 0.6) is 5.75 Å². The van der Waals surface area contributed by atoms with Crippen molar-refractivity contribution in [1.82, 2.24) is 5.32 Å². The lowest BCUT2D eigenvalue weighted by Crippen LogP contribution is -2.30. The van der Waals surface area contributed by atoms with E-state index in [1.54, 1.807) is 0 Å². The fourth-order valence-electron chi connectivity index (χ4n) is 3.22. The second-order valence-electron chi connectivity index (χ2n) is 7.52. The number of amides is 1. The van der Waals surface area contributed by atoms with E-state index in [1.807, 2.05) is 42.5 Å². The molecule has 1 aliphatic rings. The second kappa shape index (κ2) is 9.75. The van der Waals surface area contributed by atoms with Crippen LogP contribution in [-0.2, 0) is 17.8 Å². The molecule has 0 aromatic heterocycles. The van der Waals surface area contributed by atoms with Gasteiger partial charge in [-0.1, -0.05) is 72.8 Å². The van der Waals surface area contributed by atoms with Gasteiger partial charge in [-0.3, -0.25) is 4.79 Å². The van der Waals surface area contributed by atoms with E-state index in [2.05, 4.69) is 60.9 Å². The van der Waals surface area contributed by atoms with Gasteiger partial charge in [-0.15, -0.1) is 0 Å². The van der Waals surface area contributed by atoms with Crippen molar-refractivity contribution >= 4 is 29.4 Å². The van der Waals surface area contributed by atoms with Gasteiger partial charge in [0, 0.05) is 5.69 Å². The number of hydrogen-bond donors (Lipinski definition) is 2. The largest absolute Gasteiger partial charge is 0.489 e. The zero-order valence-electron chi connectivity index (χ0n) is 17.7. The van der Waals surface area contributed by atoms with Crippen molar-refractivity contribution in [3.05, 3.63) is 100.0 Å². The third kappa shape index (κ3) is 5.70. The number of anilines is 1. The van der Waals surface area contributed by atoms with Crippen LogP contribution in [0.4, 0.5) is 5.69 Å². The van der Waals surface area contributed by atoms with E-state index in [0.717, 1.165) is 29.0 Å². The molecular weight excluding hydrogens is 404 g/mol. The summed E-state index contributed by atoms with van der Waals surface area (Å²) in [6.07, 6.45) is 2.92. The van der Waals surface area contributed by atoms with Gasteiger partial charge in [-0.2, -0.15) is 0 Å². The Balaban J connectivity index is 1.34. The molecular formula is C26H26N2O2S. The first-order chi connectivity index (χ1) is 15.1. The zero-order chi connectivity index (χ0) is 21.6. The van der Waals surface area contributed by atoms with Crippen LogP contribution >= 0.6 is 11.8 Å². The number of aryl methyl sites for hydroxylation is 2. The third-order valence-corrected chi connectivity index (χ3v) is 6.12. The summed E-state index contributed by atoms with van der Waals surface area (Å²) in [6, 6.07) is 24.4. The topological polar surface area (TPSA) is 50.4 Å². The van der Waals surface area contributed by atoms with E-state index in [1.165, 1.54) is 22.9 Å². The Bertz CT molecular complexity index is 1060. The highest BCUT2D eigenvalue weighted by Crippen LogP contribution is 2.30. The minimum Gasteiger partial charge on any atom is -0.489 e. The Morgan fingerprint density at radius 1 is 0.968 bits per heavy atom. The first kappa shape index (κ1) is 21.1. The molecule has 158 valence electrons. The molecule has 4 nitrogen and oxygen atoms in total. The molecule has 0 unspecified atom stereocenters. The maximum Gasteiger partial charge on any atom is 0.260 e. The Morgan fingerprint density at radius 3 is 2.32 bits per heavy atom. The molecule has 0 spiro atoms. The van der Waals surface area contributed by atoms with Crippen LogP contribution in [0.3, 0.4) is 0 Å². The first-order valence-corrected chi connectivity index (χ1v) is 11.3. The summed E-state index contributed by atoms with van der Waals surface area (Å²) in [6.45, 7) is 4.74. The van der Waals surface area contributed by atoms with Crippen LogP contribution < -0.4 is 15.4 Å². The molecule has 1 amide bonds. The zero-order valence-corrected chi connectivity index (χ0v) is 18.5. The van der Waals surface area contributed by atoms with Gasteiger partial charge >= 0.3 is 0 Å². The quantitative estimate of drug-likeness (QED) is 0.470. The van der Waals surface area contributed by atoms with Crippen LogP contribution in [-0.4, -0.2) is 11.4 Å². The maximum absolute atomic E-state index is 12.4. The molecule has 1 saturated heterocycles. The Hall–Kier alpha value is -3.18. The van der Waals surface area contributed by atoms with Gasteiger partial charge in [0.05, 0.1) is 4.91 Å².